The summed E-state index contributed by atoms with van der Waals surface area (Å²) >= 11 is 0. The molecule has 0 heterocycles. The molecule has 0 amide bonds. The fourth-order valence-corrected chi connectivity index (χ4v) is 2.01. The first kappa shape index (κ1) is 12.0. The summed E-state index contributed by atoms with van der Waals surface area (Å²) in [4.78, 5) is 2.59. The van der Waals surface area contributed by atoms with E-state index in [1.165, 1.54) is 45.3 Å². The smallest absolute Gasteiger partial charge is 0.0220 e. The zero-order chi connectivity index (χ0) is 10.4. The van der Waals surface area contributed by atoms with Crippen LogP contribution in [0.1, 0.15) is 39.5 Å². The molecule has 0 bridgehead atoms. The van der Waals surface area contributed by atoms with Gasteiger partial charge in [0.2, 0.25) is 0 Å². The molecule has 1 aliphatic rings. The van der Waals surface area contributed by atoms with Gasteiger partial charge in [-0.1, -0.05) is 20.3 Å². The Labute approximate surface area is 89.1 Å². The molecule has 0 aliphatic heterocycles. The lowest BCUT2D eigenvalue weighted by atomic mass is 10.1. The Bertz CT molecular complexity index is 143. The van der Waals surface area contributed by atoms with E-state index in [-0.39, 0.29) is 0 Å². The summed E-state index contributed by atoms with van der Waals surface area (Å²) in [7, 11) is 2.11. The van der Waals surface area contributed by atoms with Crippen LogP contribution < -0.4 is 5.32 Å². The fourth-order valence-electron chi connectivity index (χ4n) is 2.01. The lowest BCUT2D eigenvalue weighted by Gasteiger charge is -2.26. The van der Waals surface area contributed by atoms with E-state index in [4.69, 9.17) is 0 Å². The van der Waals surface area contributed by atoms with Crippen molar-refractivity contribution in [2.24, 2.45) is 5.92 Å². The van der Waals surface area contributed by atoms with Crippen molar-refractivity contribution in [1.29, 1.82) is 0 Å². The van der Waals surface area contributed by atoms with Gasteiger partial charge in [-0.25, -0.2) is 0 Å². The third-order valence-electron chi connectivity index (χ3n) is 3.29. The monoisotopic (exact) mass is 198 g/mol. The summed E-state index contributed by atoms with van der Waals surface area (Å²) in [5.74, 6) is 0.968. The first-order valence-electron chi connectivity index (χ1n) is 6.21. The Morgan fingerprint density at radius 1 is 1.36 bits per heavy atom. The molecule has 1 saturated carbocycles. The molecule has 0 spiro atoms. The average molecular weight is 198 g/mol. The molecule has 0 aromatic heterocycles. The van der Waals surface area contributed by atoms with Crippen LogP contribution in [0.2, 0.25) is 0 Å². The van der Waals surface area contributed by atoms with Gasteiger partial charge in [0.25, 0.3) is 0 Å². The van der Waals surface area contributed by atoms with Crippen LogP contribution in [0.3, 0.4) is 0 Å². The van der Waals surface area contributed by atoms with Crippen molar-refractivity contribution in [1.82, 2.24) is 10.2 Å². The second-order valence-electron chi connectivity index (χ2n) is 4.48. The molecule has 1 atom stereocenters. The maximum Gasteiger partial charge on any atom is 0.0220 e. The van der Waals surface area contributed by atoms with Crippen LogP contribution in [0, 0.1) is 5.92 Å². The number of nitrogens with one attached hydrogen (secondary N) is 1. The van der Waals surface area contributed by atoms with Gasteiger partial charge < -0.3 is 10.2 Å². The molecule has 0 saturated heterocycles. The highest BCUT2D eigenvalue weighted by molar-refractivity contribution is 4.87. The highest BCUT2D eigenvalue weighted by atomic mass is 15.1. The van der Waals surface area contributed by atoms with E-state index >= 15 is 0 Å². The van der Waals surface area contributed by atoms with Crippen LogP contribution in [0.5, 0.6) is 0 Å². The summed E-state index contributed by atoms with van der Waals surface area (Å²) in [5.41, 5.74) is 0. The largest absolute Gasteiger partial charge is 0.315 e. The van der Waals surface area contributed by atoms with E-state index in [2.05, 4.69) is 31.1 Å². The van der Waals surface area contributed by atoms with Gasteiger partial charge >= 0.3 is 0 Å². The van der Waals surface area contributed by atoms with Crippen molar-refractivity contribution in [3.8, 4) is 0 Å². The summed E-state index contributed by atoms with van der Waals surface area (Å²) in [5, 5.41) is 3.46. The predicted octanol–water partition coefficient (Wildman–Crippen LogP) is 2.11. The minimum Gasteiger partial charge on any atom is -0.315 e. The number of hydrogen-bond acceptors (Lipinski definition) is 2. The summed E-state index contributed by atoms with van der Waals surface area (Å²) in [6, 6.07) is 0.742. The predicted molar refractivity (Wildman–Crippen MR) is 62.6 cm³/mol. The zero-order valence-corrected chi connectivity index (χ0v) is 10.1. The normalized spacial score (nSPS) is 18.9. The van der Waals surface area contributed by atoms with Crippen molar-refractivity contribution >= 4 is 0 Å². The maximum absolute atomic E-state index is 3.46. The van der Waals surface area contributed by atoms with Crippen LogP contribution in [0.25, 0.3) is 0 Å². The number of likely N-dealkylation sites (N-methyl/N-ethyl adjacent to an activating group) is 2. The highest BCUT2D eigenvalue weighted by Gasteiger charge is 2.30. The van der Waals surface area contributed by atoms with Gasteiger partial charge in [0.05, 0.1) is 0 Å². The summed E-state index contributed by atoms with van der Waals surface area (Å²) in [6.07, 6.45) is 5.53. The van der Waals surface area contributed by atoms with Crippen molar-refractivity contribution in [2.45, 2.75) is 45.6 Å². The van der Waals surface area contributed by atoms with Crippen molar-refractivity contribution in [3.05, 3.63) is 0 Å². The topological polar surface area (TPSA) is 15.3 Å². The number of unbranched alkanes of at least 4 members (excludes halogenated alkanes) is 1. The molecule has 1 rings (SSSR count). The Hall–Kier alpha value is -0.0800. The molecule has 1 unspecified atom stereocenters. The zero-order valence-electron chi connectivity index (χ0n) is 10.1. The van der Waals surface area contributed by atoms with Gasteiger partial charge in [-0.15, -0.1) is 0 Å². The van der Waals surface area contributed by atoms with Gasteiger partial charge in [-0.3, -0.25) is 0 Å². The van der Waals surface area contributed by atoms with Crippen molar-refractivity contribution in [2.75, 3.05) is 26.7 Å². The van der Waals surface area contributed by atoms with Crippen LogP contribution >= 0.6 is 0 Å². The van der Waals surface area contributed by atoms with E-state index in [9.17, 15) is 0 Å². The average Bonchev–Trinajstić information content (AvgIpc) is 3.02. The van der Waals surface area contributed by atoms with E-state index in [0.29, 0.717) is 0 Å². The molecule has 84 valence electrons. The lowest BCUT2D eigenvalue weighted by molar-refractivity contribution is 0.243. The molecule has 2 heteroatoms. The molecule has 1 aliphatic carbocycles. The Morgan fingerprint density at radius 2 is 2.07 bits per heavy atom. The Kier molecular flexibility index (Phi) is 5.49. The molecule has 14 heavy (non-hydrogen) atoms. The van der Waals surface area contributed by atoms with E-state index < -0.39 is 0 Å². The third-order valence-corrected chi connectivity index (χ3v) is 3.29. The van der Waals surface area contributed by atoms with Crippen molar-refractivity contribution < 1.29 is 0 Å². The van der Waals surface area contributed by atoms with Crippen LogP contribution in [-0.4, -0.2) is 37.6 Å². The van der Waals surface area contributed by atoms with Gasteiger partial charge in [-0.2, -0.15) is 0 Å². The van der Waals surface area contributed by atoms with E-state index in [1.54, 1.807) is 0 Å². The first-order valence-corrected chi connectivity index (χ1v) is 6.21. The molecule has 0 aromatic carbocycles. The lowest BCUT2D eigenvalue weighted by Crippen LogP contribution is -2.41. The van der Waals surface area contributed by atoms with E-state index in [1.807, 2.05) is 0 Å². The van der Waals surface area contributed by atoms with Gasteiger partial charge in [0.15, 0.2) is 0 Å². The van der Waals surface area contributed by atoms with Crippen LogP contribution in [0.15, 0.2) is 0 Å². The molecular weight excluding hydrogens is 172 g/mol. The molecule has 0 aromatic rings. The molecule has 0 radical (unpaired) electrons. The number of hydrogen-bond donors (Lipinski definition) is 1. The second kappa shape index (κ2) is 6.41. The van der Waals surface area contributed by atoms with Gasteiger partial charge in [-0.05, 0) is 45.3 Å². The minimum atomic E-state index is 0.742. The summed E-state index contributed by atoms with van der Waals surface area (Å²) in [6.45, 7) is 8.26. The number of nitrogens with zero attached hydrogens (tertiary/aromatic N) is 1. The van der Waals surface area contributed by atoms with Crippen LogP contribution in [0.4, 0.5) is 0 Å². The number of rotatable bonds is 8. The maximum atomic E-state index is 3.46. The highest BCUT2D eigenvalue weighted by Crippen LogP contribution is 2.32. The summed E-state index contributed by atoms with van der Waals surface area (Å²) < 4.78 is 0. The molecule has 2 nitrogen and oxygen atoms in total. The van der Waals surface area contributed by atoms with Gasteiger partial charge in [0.1, 0.15) is 0 Å². The Balaban J connectivity index is 2.22. The van der Waals surface area contributed by atoms with Crippen LogP contribution in [-0.2, 0) is 0 Å². The quantitative estimate of drug-likeness (QED) is 0.642. The first-order chi connectivity index (χ1) is 6.81. The molecular formula is C12H26N2. The minimum absolute atomic E-state index is 0.742. The Morgan fingerprint density at radius 3 is 2.50 bits per heavy atom. The third kappa shape index (κ3) is 3.97. The van der Waals surface area contributed by atoms with E-state index in [0.717, 1.165) is 12.0 Å². The fraction of sp³-hybridized carbons (Fsp3) is 1.00. The molecule has 1 N–H and O–H groups in total. The molecule has 1 fully saturated rings. The standard InChI is InChI=1S/C12H26N2/c1-4-6-9-14(5-2)10-12(13-3)11-7-8-11/h11-13H,4-10H2,1-3H3. The second-order valence-corrected chi connectivity index (χ2v) is 4.48. The SMILES string of the molecule is CCCCN(CC)CC(NC)C1CC1. The van der Waals surface area contributed by atoms with Gasteiger partial charge in [0, 0.05) is 12.6 Å². The van der Waals surface area contributed by atoms with Crippen molar-refractivity contribution in [3.63, 3.8) is 0 Å².